The van der Waals surface area contributed by atoms with Gasteiger partial charge in [-0.1, -0.05) is 0 Å². The Morgan fingerprint density at radius 1 is 1.28 bits per heavy atom. The van der Waals surface area contributed by atoms with Crippen LogP contribution in [0.3, 0.4) is 0 Å². The first kappa shape index (κ1) is 11.9. The van der Waals surface area contributed by atoms with Gasteiger partial charge in [-0.25, -0.2) is 4.98 Å². The smallest absolute Gasteiger partial charge is 0.128 e. The third-order valence-corrected chi connectivity index (χ3v) is 4.00. The van der Waals surface area contributed by atoms with E-state index in [1.54, 1.807) is 0 Å². The van der Waals surface area contributed by atoms with Crippen LogP contribution >= 0.6 is 0 Å². The molecule has 1 aliphatic carbocycles. The molecule has 1 saturated heterocycles. The fourth-order valence-electron chi connectivity index (χ4n) is 2.65. The molecule has 1 aromatic rings. The van der Waals surface area contributed by atoms with Gasteiger partial charge in [0.25, 0.3) is 0 Å². The standard InChI is InChI=1S/C14H22N4/c1-11(15)12-4-5-16-14(10-12)18-8-6-17(7-9-18)13-2-3-13/h4-5,10-11,13H,2-3,6-9,15H2,1H3/t11-/m0/s1. The predicted molar refractivity (Wildman–Crippen MR) is 73.6 cm³/mol. The van der Waals surface area contributed by atoms with E-state index >= 15 is 0 Å². The molecule has 2 fully saturated rings. The molecule has 1 atom stereocenters. The number of hydrogen-bond acceptors (Lipinski definition) is 4. The Hall–Kier alpha value is -1.13. The minimum absolute atomic E-state index is 0.0829. The molecule has 0 unspecified atom stereocenters. The van der Waals surface area contributed by atoms with Gasteiger partial charge in [0.15, 0.2) is 0 Å². The number of rotatable bonds is 3. The topological polar surface area (TPSA) is 45.4 Å². The van der Waals surface area contributed by atoms with Gasteiger partial charge < -0.3 is 10.6 Å². The summed E-state index contributed by atoms with van der Waals surface area (Å²) < 4.78 is 0. The Labute approximate surface area is 109 Å². The second kappa shape index (κ2) is 4.86. The number of aromatic nitrogens is 1. The lowest BCUT2D eigenvalue weighted by atomic mass is 10.1. The van der Waals surface area contributed by atoms with E-state index in [1.165, 1.54) is 31.5 Å². The molecule has 4 heteroatoms. The number of pyridine rings is 1. The summed E-state index contributed by atoms with van der Waals surface area (Å²) in [5, 5.41) is 0. The quantitative estimate of drug-likeness (QED) is 0.875. The molecule has 4 nitrogen and oxygen atoms in total. The largest absolute Gasteiger partial charge is 0.354 e. The Bertz CT molecular complexity index is 406. The Balaban J connectivity index is 1.66. The van der Waals surface area contributed by atoms with Crippen LogP contribution in [0.1, 0.15) is 31.4 Å². The predicted octanol–water partition coefficient (Wildman–Crippen LogP) is 1.39. The van der Waals surface area contributed by atoms with Crippen LogP contribution in [0.25, 0.3) is 0 Å². The van der Waals surface area contributed by atoms with Crippen molar-refractivity contribution in [2.24, 2.45) is 5.73 Å². The Morgan fingerprint density at radius 2 is 2.00 bits per heavy atom. The molecular weight excluding hydrogens is 224 g/mol. The van der Waals surface area contributed by atoms with Crippen LogP contribution in [0.15, 0.2) is 18.3 Å². The lowest BCUT2D eigenvalue weighted by Crippen LogP contribution is -2.47. The maximum Gasteiger partial charge on any atom is 0.128 e. The van der Waals surface area contributed by atoms with E-state index in [9.17, 15) is 0 Å². The molecule has 1 saturated carbocycles. The van der Waals surface area contributed by atoms with E-state index in [1.807, 2.05) is 19.2 Å². The Morgan fingerprint density at radius 3 is 2.61 bits per heavy atom. The average molecular weight is 246 g/mol. The fraction of sp³-hybridized carbons (Fsp3) is 0.643. The summed E-state index contributed by atoms with van der Waals surface area (Å²) in [6, 6.07) is 5.11. The highest BCUT2D eigenvalue weighted by molar-refractivity contribution is 5.42. The first-order valence-electron chi connectivity index (χ1n) is 6.94. The van der Waals surface area contributed by atoms with Crippen LogP contribution in [0.5, 0.6) is 0 Å². The zero-order chi connectivity index (χ0) is 12.5. The fourth-order valence-corrected chi connectivity index (χ4v) is 2.65. The minimum Gasteiger partial charge on any atom is -0.354 e. The molecule has 0 radical (unpaired) electrons. The summed E-state index contributed by atoms with van der Waals surface area (Å²) in [5.41, 5.74) is 7.10. The third kappa shape index (κ3) is 2.49. The van der Waals surface area contributed by atoms with E-state index in [0.717, 1.165) is 24.9 Å². The van der Waals surface area contributed by atoms with Crippen LogP contribution in [0.4, 0.5) is 5.82 Å². The van der Waals surface area contributed by atoms with Gasteiger partial charge in [-0.15, -0.1) is 0 Å². The van der Waals surface area contributed by atoms with E-state index in [-0.39, 0.29) is 6.04 Å². The summed E-state index contributed by atoms with van der Waals surface area (Å²) >= 11 is 0. The molecule has 2 N–H and O–H groups in total. The second-order valence-corrected chi connectivity index (χ2v) is 5.49. The molecule has 1 aromatic heterocycles. The van der Waals surface area contributed by atoms with E-state index < -0.39 is 0 Å². The molecule has 1 aliphatic heterocycles. The molecule has 18 heavy (non-hydrogen) atoms. The van der Waals surface area contributed by atoms with Crippen molar-refractivity contribution in [3.63, 3.8) is 0 Å². The van der Waals surface area contributed by atoms with E-state index in [0.29, 0.717) is 0 Å². The zero-order valence-corrected chi connectivity index (χ0v) is 11.0. The molecule has 2 aliphatic rings. The lowest BCUT2D eigenvalue weighted by molar-refractivity contribution is 0.247. The van der Waals surface area contributed by atoms with Gasteiger partial charge in [0.05, 0.1) is 0 Å². The number of hydrogen-bond donors (Lipinski definition) is 1. The summed E-state index contributed by atoms with van der Waals surface area (Å²) in [5.74, 6) is 1.08. The summed E-state index contributed by atoms with van der Waals surface area (Å²) in [6.07, 6.45) is 4.68. The maximum absolute atomic E-state index is 5.93. The minimum atomic E-state index is 0.0829. The monoisotopic (exact) mass is 246 g/mol. The van der Waals surface area contributed by atoms with Gasteiger partial charge in [-0.3, -0.25) is 4.90 Å². The first-order chi connectivity index (χ1) is 8.74. The van der Waals surface area contributed by atoms with Crippen molar-refractivity contribution >= 4 is 5.82 Å². The van der Waals surface area contributed by atoms with Crippen LogP contribution in [0, 0.1) is 0 Å². The normalized spacial score (nSPS) is 23.1. The first-order valence-corrected chi connectivity index (χ1v) is 6.94. The molecular formula is C14H22N4. The van der Waals surface area contributed by atoms with Gasteiger partial charge in [0.1, 0.15) is 5.82 Å². The van der Waals surface area contributed by atoms with Gasteiger partial charge >= 0.3 is 0 Å². The molecule has 0 amide bonds. The van der Waals surface area contributed by atoms with Crippen molar-refractivity contribution in [3.8, 4) is 0 Å². The second-order valence-electron chi connectivity index (χ2n) is 5.49. The van der Waals surface area contributed by atoms with Gasteiger partial charge in [0, 0.05) is 44.5 Å². The highest BCUT2D eigenvalue weighted by Crippen LogP contribution is 2.28. The van der Waals surface area contributed by atoms with Crippen molar-refractivity contribution in [2.75, 3.05) is 31.1 Å². The van der Waals surface area contributed by atoms with Crippen LogP contribution < -0.4 is 10.6 Å². The van der Waals surface area contributed by atoms with Crippen molar-refractivity contribution < 1.29 is 0 Å². The molecule has 0 spiro atoms. The number of anilines is 1. The van der Waals surface area contributed by atoms with Gasteiger partial charge in [-0.2, -0.15) is 0 Å². The highest BCUT2D eigenvalue weighted by atomic mass is 15.3. The Kier molecular flexibility index (Phi) is 3.22. The van der Waals surface area contributed by atoms with Crippen molar-refractivity contribution in [1.29, 1.82) is 0 Å². The average Bonchev–Trinajstić information content (AvgIpc) is 3.23. The van der Waals surface area contributed by atoms with Crippen molar-refractivity contribution in [1.82, 2.24) is 9.88 Å². The molecule has 0 bridgehead atoms. The maximum atomic E-state index is 5.93. The highest BCUT2D eigenvalue weighted by Gasteiger charge is 2.31. The summed E-state index contributed by atoms with van der Waals surface area (Å²) in [4.78, 5) is 9.48. The van der Waals surface area contributed by atoms with E-state index in [4.69, 9.17) is 5.73 Å². The number of nitrogens with two attached hydrogens (primary N) is 1. The molecule has 0 aromatic carbocycles. The van der Waals surface area contributed by atoms with Crippen LogP contribution in [0.2, 0.25) is 0 Å². The number of nitrogens with zero attached hydrogens (tertiary/aromatic N) is 3. The van der Waals surface area contributed by atoms with Crippen molar-refractivity contribution in [3.05, 3.63) is 23.9 Å². The third-order valence-electron chi connectivity index (χ3n) is 4.00. The molecule has 3 rings (SSSR count). The van der Waals surface area contributed by atoms with Gasteiger partial charge in [-0.05, 0) is 37.5 Å². The summed E-state index contributed by atoms with van der Waals surface area (Å²) in [6.45, 7) is 6.55. The lowest BCUT2D eigenvalue weighted by Gasteiger charge is -2.35. The molecule has 98 valence electrons. The van der Waals surface area contributed by atoms with Gasteiger partial charge in [0.2, 0.25) is 0 Å². The van der Waals surface area contributed by atoms with Crippen LogP contribution in [-0.4, -0.2) is 42.1 Å². The summed E-state index contributed by atoms with van der Waals surface area (Å²) in [7, 11) is 0. The van der Waals surface area contributed by atoms with Crippen molar-refractivity contribution in [2.45, 2.75) is 31.8 Å². The molecule has 2 heterocycles. The zero-order valence-electron chi connectivity index (χ0n) is 11.0. The van der Waals surface area contributed by atoms with E-state index in [2.05, 4.69) is 20.9 Å². The number of piperazine rings is 1. The SMILES string of the molecule is C[C@H](N)c1ccnc(N2CCN(C3CC3)CC2)c1. The van der Waals surface area contributed by atoms with Crippen LogP contribution in [-0.2, 0) is 0 Å².